The molecule has 2 atom stereocenters. The first-order valence-corrected chi connectivity index (χ1v) is 5.32. The van der Waals surface area contributed by atoms with E-state index in [-0.39, 0.29) is 5.78 Å². The van der Waals surface area contributed by atoms with Crippen molar-refractivity contribution in [3.8, 4) is 0 Å². The van der Waals surface area contributed by atoms with Gasteiger partial charge in [-0.15, -0.1) is 0 Å². The second-order valence-corrected chi connectivity index (χ2v) is 5.25. The highest BCUT2D eigenvalue weighted by atomic mass is 16.6. The Morgan fingerprint density at radius 3 is 2.31 bits per heavy atom. The van der Waals surface area contributed by atoms with Crippen LogP contribution in [0.25, 0.3) is 0 Å². The normalized spacial score (nSPS) is 25.8. The number of amides is 1. The maximum absolute atomic E-state index is 11.7. The van der Waals surface area contributed by atoms with Gasteiger partial charge in [-0.05, 0) is 34.6 Å². The monoisotopic (exact) mass is 229 g/mol. The van der Waals surface area contributed by atoms with E-state index in [0.29, 0.717) is 6.61 Å². The molecule has 1 rings (SSSR count). The average Bonchev–Trinajstić information content (AvgIpc) is 2.79. The van der Waals surface area contributed by atoms with Gasteiger partial charge in [0, 0.05) is 0 Å². The van der Waals surface area contributed by atoms with Gasteiger partial charge in [-0.25, -0.2) is 4.79 Å². The number of epoxide rings is 1. The molecule has 1 saturated heterocycles. The average molecular weight is 229 g/mol. The quantitative estimate of drug-likeness (QED) is 0.740. The Labute approximate surface area is 95.5 Å². The van der Waals surface area contributed by atoms with Gasteiger partial charge in [0.15, 0.2) is 5.78 Å². The van der Waals surface area contributed by atoms with Crippen LogP contribution < -0.4 is 5.32 Å². The first kappa shape index (κ1) is 13.0. The predicted octanol–water partition coefficient (Wildman–Crippen LogP) is 1.26. The summed E-state index contributed by atoms with van der Waals surface area (Å²) in [6, 6.07) is -0.595. The molecule has 0 aromatic heterocycles. The minimum Gasteiger partial charge on any atom is -0.444 e. The molecule has 1 aliphatic rings. The van der Waals surface area contributed by atoms with E-state index in [1.807, 2.05) is 0 Å². The summed E-state index contributed by atoms with van der Waals surface area (Å²) >= 11 is 0. The van der Waals surface area contributed by atoms with Crippen molar-refractivity contribution in [3.05, 3.63) is 0 Å². The largest absolute Gasteiger partial charge is 0.444 e. The standard InChI is InChI=1S/C11H19NO4/c1-7(8(13)11(5)6-15-11)12-9(14)16-10(2,3)4/h7H,6H2,1-5H3,(H,12,14)/t7-,11?/m0/s1. The Hall–Kier alpha value is -1.10. The number of Topliss-reactive ketones (excluding diaryl/α,β-unsaturated/α-hetero) is 1. The molecule has 0 bridgehead atoms. The van der Waals surface area contributed by atoms with E-state index < -0.39 is 23.3 Å². The number of carbonyl (C=O) groups excluding carboxylic acids is 2. The van der Waals surface area contributed by atoms with Crippen LogP contribution in [0.2, 0.25) is 0 Å². The molecule has 1 heterocycles. The van der Waals surface area contributed by atoms with Gasteiger partial charge in [0.05, 0.1) is 12.6 Å². The molecule has 0 aliphatic carbocycles. The van der Waals surface area contributed by atoms with Gasteiger partial charge in [0.2, 0.25) is 0 Å². The highest BCUT2D eigenvalue weighted by Crippen LogP contribution is 2.28. The minimum absolute atomic E-state index is 0.127. The van der Waals surface area contributed by atoms with E-state index in [4.69, 9.17) is 9.47 Å². The molecule has 5 nitrogen and oxygen atoms in total. The third-order valence-corrected chi connectivity index (χ3v) is 2.23. The fraction of sp³-hybridized carbons (Fsp3) is 0.818. The zero-order chi connectivity index (χ0) is 12.6. The highest BCUT2D eigenvalue weighted by Gasteiger charge is 2.49. The van der Waals surface area contributed by atoms with Gasteiger partial charge in [-0.2, -0.15) is 0 Å². The maximum Gasteiger partial charge on any atom is 0.408 e. The highest BCUT2D eigenvalue weighted by molar-refractivity contribution is 5.95. The Bertz CT molecular complexity index is 302. The molecule has 0 aromatic rings. The van der Waals surface area contributed by atoms with Crippen molar-refractivity contribution in [2.45, 2.75) is 51.9 Å². The Balaban J connectivity index is 2.42. The van der Waals surface area contributed by atoms with E-state index in [0.717, 1.165) is 0 Å². The van der Waals surface area contributed by atoms with Gasteiger partial charge in [0.1, 0.15) is 11.2 Å². The molecule has 1 aliphatic heterocycles. The third kappa shape index (κ3) is 3.48. The smallest absolute Gasteiger partial charge is 0.408 e. The van der Waals surface area contributed by atoms with Gasteiger partial charge >= 0.3 is 6.09 Å². The molecule has 1 fully saturated rings. The second-order valence-electron chi connectivity index (χ2n) is 5.25. The number of rotatable bonds is 3. The fourth-order valence-electron chi connectivity index (χ4n) is 1.26. The van der Waals surface area contributed by atoms with Crippen molar-refractivity contribution in [1.82, 2.24) is 5.32 Å². The van der Waals surface area contributed by atoms with E-state index in [2.05, 4.69) is 5.32 Å². The van der Waals surface area contributed by atoms with Crippen LogP contribution in [0.4, 0.5) is 4.79 Å². The van der Waals surface area contributed by atoms with Crippen LogP contribution in [0.1, 0.15) is 34.6 Å². The maximum atomic E-state index is 11.7. The summed E-state index contributed by atoms with van der Waals surface area (Å²) in [5.74, 6) is -0.127. The molecular formula is C11H19NO4. The van der Waals surface area contributed by atoms with E-state index in [1.54, 1.807) is 34.6 Å². The number of hydrogen-bond donors (Lipinski definition) is 1. The molecule has 92 valence electrons. The second kappa shape index (κ2) is 4.05. The van der Waals surface area contributed by atoms with Gasteiger partial charge in [-0.1, -0.05) is 0 Å². The van der Waals surface area contributed by atoms with Gasteiger partial charge < -0.3 is 14.8 Å². The van der Waals surface area contributed by atoms with E-state index in [1.165, 1.54) is 0 Å². The lowest BCUT2D eigenvalue weighted by Crippen LogP contribution is -2.45. The van der Waals surface area contributed by atoms with Crippen LogP contribution in [-0.2, 0) is 14.3 Å². The Morgan fingerprint density at radius 2 is 1.94 bits per heavy atom. The predicted molar refractivity (Wildman–Crippen MR) is 58.2 cm³/mol. The number of ketones is 1. The van der Waals surface area contributed by atoms with Crippen molar-refractivity contribution in [2.24, 2.45) is 0 Å². The SMILES string of the molecule is C[C@H](NC(=O)OC(C)(C)C)C(=O)C1(C)CO1. The van der Waals surface area contributed by atoms with Crippen molar-refractivity contribution < 1.29 is 19.1 Å². The summed E-state index contributed by atoms with van der Waals surface area (Å²) in [6.07, 6.45) is -0.586. The summed E-state index contributed by atoms with van der Waals surface area (Å²) in [5.41, 5.74) is -1.28. The Morgan fingerprint density at radius 1 is 1.44 bits per heavy atom. The molecule has 0 aromatic carbocycles. The zero-order valence-electron chi connectivity index (χ0n) is 10.4. The first-order valence-electron chi connectivity index (χ1n) is 5.32. The van der Waals surface area contributed by atoms with Crippen LogP contribution >= 0.6 is 0 Å². The van der Waals surface area contributed by atoms with Gasteiger partial charge in [-0.3, -0.25) is 4.79 Å². The van der Waals surface area contributed by atoms with Crippen molar-refractivity contribution in [1.29, 1.82) is 0 Å². The molecule has 1 amide bonds. The van der Waals surface area contributed by atoms with Crippen molar-refractivity contribution in [3.63, 3.8) is 0 Å². The molecular weight excluding hydrogens is 210 g/mol. The number of carbonyl (C=O) groups is 2. The number of alkyl carbamates (subject to hydrolysis) is 1. The summed E-state index contributed by atoms with van der Waals surface area (Å²) in [4.78, 5) is 23.1. The number of hydrogen-bond acceptors (Lipinski definition) is 4. The molecule has 16 heavy (non-hydrogen) atoms. The van der Waals surface area contributed by atoms with E-state index in [9.17, 15) is 9.59 Å². The lowest BCUT2D eigenvalue weighted by molar-refractivity contribution is -0.125. The summed E-state index contributed by atoms with van der Waals surface area (Å²) in [6.45, 7) is 9.06. The lowest BCUT2D eigenvalue weighted by atomic mass is 10.0. The number of nitrogens with one attached hydrogen (secondary N) is 1. The Kier molecular flexibility index (Phi) is 3.28. The summed E-state index contributed by atoms with van der Waals surface area (Å²) in [5, 5.41) is 2.49. The molecule has 1 unspecified atom stereocenters. The van der Waals surface area contributed by atoms with Crippen molar-refractivity contribution in [2.75, 3.05) is 6.61 Å². The van der Waals surface area contributed by atoms with Crippen LogP contribution in [0.5, 0.6) is 0 Å². The molecule has 0 saturated carbocycles. The fourth-order valence-corrected chi connectivity index (χ4v) is 1.26. The third-order valence-electron chi connectivity index (χ3n) is 2.23. The van der Waals surface area contributed by atoms with Gasteiger partial charge in [0.25, 0.3) is 0 Å². The molecule has 1 N–H and O–H groups in total. The van der Waals surface area contributed by atoms with Crippen LogP contribution in [0.15, 0.2) is 0 Å². The minimum atomic E-state index is -0.714. The van der Waals surface area contributed by atoms with Crippen LogP contribution in [-0.4, -0.2) is 35.7 Å². The molecule has 5 heteroatoms. The van der Waals surface area contributed by atoms with Crippen LogP contribution in [0, 0.1) is 0 Å². The topological polar surface area (TPSA) is 67.9 Å². The van der Waals surface area contributed by atoms with Crippen molar-refractivity contribution >= 4 is 11.9 Å². The van der Waals surface area contributed by atoms with E-state index >= 15 is 0 Å². The summed E-state index contributed by atoms with van der Waals surface area (Å²) in [7, 11) is 0. The number of ether oxygens (including phenoxy) is 2. The van der Waals surface area contributed by atoms with Crippen LogP contribution in [0.3, 0.4) is 0 Å². The first-order chi connectivity index (χ1) is 7.14. The zero-order valence-corrected chi connectivity index (χ0v) is 10.4. The lowest BCUT2D eigenvalue weighted by Gasteiger charge is -2.22. The summed E-state index contributed by atoms with van der Waals surface area (Å²) < 4.78 is 10.1. The molecule has 0 spiro atoms. The molecule has 0 radical (unpaired) electrons.